The number of rotatable bonds is 1. The van der Waals surface area contributed by atoms with Gasteiger partial charge in [0.1, 0.15) is 5.56 Å². The lowest BCUT2D eigenvalue weighted by Gasteiger charge is -2.07. The zero-order valence-electron chi connectivity index (χ0n) is 7.10. The Labute approximate surface area is 84.5 Å². The highest BCUT2D eigenvalue weighted by Crippen LogP contribution is 2.33. The minimum Gasteiger partial charge on any atom is -0.478 e. The Kier molecular flexibility index (Phi) is 2.07. The zero-order chi connectivity index (χ0) is 10.3. The number of carboxylic acid groups (broad SMARTS) is 1. The van der Waals surface area contributed by atoms with Gasteiger partial charge in [-0.1, -0.05) is 11.6 Å². The third-order valence-corrected chi connectivity index (χ3v) is 2.49. The van der Waals surface area contributed by atoms with E-state index in [0.717, 1.165) is 5.56 Å². The van der Waals surface area contributed by atoms with Crippen LogP contribution in [0.5, 0.6) is 0 Å². The van der Waals surface area contributed by atoms with Crippen LogP contribution in [-0.4, -0.2) is 17.6 Å². The van der Waals surface area contributed by atoms with Crippen LogP contribution in [0.1, 0.15) is 15.9 Å². The molecule has 0 radical (unpaired) electrons. The molecule has 0 amide bonds. The summed E-state index contributed by atoms with van der Waals surface area (Å²) in [6, 6.07) is 1.47. The van der Waals surface area contributed by atoms with E-state index in [9.17, 15) is 9.18 Å². The van der Waals surface area contributed by atoms with E-state index < -0.39 is 11.8 Å². The van der Waals surface area contributed by atoms with Crippen LogP contribution in [0.3, 0.4) is 0 Å². The van der Waals surface area contributed by atoms with E-state index in [4.69, 9.17) is 16.7 Å². The van der Waals surface area contributed by atoms with Gasteiger partial charge in [0.2, 0.25) is 0 Å². The molecule has 2 rings (SSSR count). The first-order chi connectivity index (χ1) is 6.61. The maximum absolute atomic E-state index is 13.4. The van der Waals surface area contributed by atoms with Crippen LogP contribution in [-0.2, 0) is 6.42 Å². The fourth-order valence-electron chi connectivity index (χ4n) is 1.60. The summed E-state index contributed by atoms with van der Waals surface area (Å²) in [6.07, 6.45) is 0.676. The molecular formula is C9H7ClFNO2. The summed E-state index contributed by atoms with van der Waals surface area (Å²) < 4.78 is 13.4. The molecule has 0 spiro atoms. The standard InChI is InChI=1S/C9H7ClFNO2/c10-5-3-4-1-2-12-8(4)6(7(5)11)9(13)14/h3,12H,1-2H2,(H,13,14). The summed E-state index contributed by atoms with van der Waals surface area (Å²) in [5, 5.41) is 11.5. The first kappa shape index (κ1) is 9.27. The first-order valence-electron chi connectivity index (χ1n) is 4.09. The number of anilines is 1. The molecule has 1 aromatic carbocycles. The molecule has 0 saturated heterocycles. The number of carboxylic acids is 1. The molecule has 1 heterocycles. The summed E-state index contributed by atoms with van der Waals surface area (Å²) >= 11 is 5.58. The van der Waals surface area contributed by atoms with Crippen LogP contribution in [0.2, 0.25) is 5.02 Å². The summed E-state index contributed by atoms with van der Waals surface area (Å²) in [5.74, 6) is -2.16. The van der Waals surface area contributed by atoms with E-state index in [0.29, 0.717) is 18.7 Å². The van der Waals surface area contributed by atoms with Gasteiger partial charge in [0.15, 0.2) is 5.82 Å². The molecule has 2 N–H and O–H groups in total. The van der Waals surface area contributed by atoms with Gasteiger partial charge in [-0.3, -0.25) is 0 Å². The fraction of sp³-hybridized carbons (Fsp3) is 0.222. The van der Waals surface area contributed by atoms with Gasteiger partial charge < -0.3 is 10.4 Å². The molecule has 0 unspecified atom stereocenters. The minimum absolute atomic E-state index is 0.134. The molecule has 3 nitrogen and oxygen atoms in total. The smallest absolute Gasteiger partial charge is 0.340 e. The predicted octanol–water partition coefficient (Wildman–Crippen LogP) is 2.15. The van der Waals surface area contributed by atoms with Crippen molar-refractivity contribution in [1.82, 2.24) is 0 Å². The second-order valence-corrected chi connectivity index (χ2v) is 3.47. The van der Waals surface area contributed by atoms with Gasteiger partial charge in [0.05, 0.1) is 10.7 Å². The van der Waals surface area contributed by atoms with E-state index in [1.807, 2.05) is 0 Å². The summed E-state index contributed by atoms with van der Waals surface area (Å²) in [7, 11) is 0. The Hall–Kier alpha value is -1.29. The molecule has 1 aromatic rings. The molecule has 0 aromatic heterocycles. The summed E-state index contributed by atoms with van der Waals surface area (Å²) in [5.41, 5.74) is 0.762. The monoisotopic (exact) mass is 215 g/mol. The van der Waals surface area contributed by atoms with Crippen molar-refractivity contribution in [3.05, 3.63) is 28.0 Å². The second kappa shape index (κ2) is 3.13. The van der Waals surface area contributed by atoms with Gasteiger partial charge in [-0.15, -0.1) is 0 Å². The van der Waals surface area contributed by atoms with Crippen molar-refractivity contribution >= 4 is 23.3 Å². The Bertz CT molecular complexity index is 420. The minimum atomic E-state index is -1.30. The Morgan fingerprint density at radius 2 is 2.36 bits per heavy atom. The van der Waals surface area contributed by atoms with E-state index in [1.54, 1.807) is 0 Å². The van der Waals surface area contributed by atoms with Crippen molar-refractivity contribution in [2.24, 2.45) is 0 Å². The molecule has 0 saturated carbocycles. The number of nitrogens with one attached hydrogen (secondary N) is 1. The average molecular weight is 216 g/mol. The van der Waals surface area contributed by atoms with Crippen LogP contribution in [0.25, 0.3) is 0 Å². The van der Waals surface area contributed by atoms with Crippen LogP contribution in [0, 0.1) is 5.82 Å². The molecule has 0 aliphatic carbocycles. The van der Waals surface area contributed by atoms with Gasteiger partial charge in [0.25, 0.3) is 0 Å². The van der Waals surface area contributed by atoms with Gasteiger partial charge in [-0.05, 0) is 18.1 Å². The molecule has 14 heavy (non-hydrogen) atoms. The number of fused-ring (bicyclic) bond motifs is 1. The largest absolute Gasteiger partial charge is 0.478 e. The van der Waals surface area contributed by atoms with E-state index in [-0.39, 0.29) is 10.6 Å². The Morgan fingerprint density at radius 1 is 1.64 bits per heavy atom. The quantitative estimate of drug-likeness (QED) is 0.755. The van der Waals surface area contributed by atoms with Crippen LogP contribution in [0.4, 0.5) is 10.1 Å². The number of benzene rings is 1. The lowest BCUT2D eigenvalue weighted by Crippen LogP contribution is -2.06. The molecule has 0 fully saturated rings. The number of hydrogen-bond donors (Lipinski definition) is 2. The fourth-order valence-corrected chi connectivity index (χ4v) is 1.83. The van der Waals surface area contributed by atoms with Gasteiger partial charge in [-0.25, -0.2) is 9.18 Å². The molecule has 0 bridgehead atoms. The van der Waals surface area contributed by atoms with Crippen LogP contribution < -0.4 is 5.32 Å². The predicted molar refractivity (Wildman–Crippen MR) is 50.6 cm³/mol. The number of halogens is 2. The van der Waals surface area contributed by atoms with Crippen LogP contribution in [0.15, 0.2) is 6.07 Å². The molecule has 1 aliphatic rings. The lowest BCUT2D eigenvalue weighted by molar-refractivity contribution is 0.0693. The van der Waals surface area contributed by atoms with E-state index in [1.165, 1.54) is 6.07 Å². The molecule has 1 aliphatic heterocycles. The van der Waals surface area contributed by atoms with Crippen molar-refractivity contribution in [3.63, 3.8) is 0 Å². The van der Waals surface area contributed by atoms with Crippen molar-refractivity contribution in [1.29, 1.82) is 0 Å². The third kappa shape index (κ3) is 1.23. The average Bonchev–Trinajstić information content (AvgIpc) is 2.52. The summed E-state index contributed by atoms with van der Waals surface area (Å²) in [4.78, 5) is 10.8. The van der Waals surface area contributed by atoms with Crippen molar-refractivity contribution in [3.8, 4) is 0 Å². The molecule has 74 valence electrons. The normalized spacial score (nSPS) is 13.6. The summed E-state index contributed by atoms with van der Waals surface area (Å²) in [6.45, 7) is 0.620. The van der Waals surface area contributed by atoms with Gasteiger partial charge >= 0.3 is 5.97 Å². The van der Waals surface area contributed by atoms with E-state index >= 15 is 0 Å². The Balaban J connectivity index is 2.72. The molecule has 0 atom stereocenters. The highest BCUT2D eigenvalue weighted by Gasteiger charge is 2.24. The molecule has 5 heteroatoms. The number of hydrogen-bond acceptors (Lipinski definition) is 2. The van der Waals surface area contributed by atoms with Crippen LogP contribution >= 0.6 is 11.6 Å². The van der Waals surface area contributed by atoms with Crippen molar-refractivity contribution in [2.75, 3.05) is 11.9 Å². The van der Waals surface area contributed by atoms with Crippen molar-refractivity contribution < 1.29 is 14.3 Å². The van der Waals surface area contributed by atoms with Gasteiger partial charge in [-0.2, -0.15) is 0 Å². The highest BCUT2D eigenvalue weighted by atomic mass is 35.5. The first-order valence-corrected chi connectivity index (χ1v) is 4.47. The number of aromatic carboxylic acids is 1. The maximum atomic E-state index is 13.4. The zero-order valence-corrected chi connectivity index (χ0v) is 7.86. The molecular weight excluding hydrogens is 209 g/mol. The van der Waals surface area contributed by atoms with Gasteiger partial charge in [0, 0.05) is 6.54 Å². The topological polar surface area (TPSA) is 49.3 Å². The highest BCUT2D eigenvalue weighted by molar-refractivity contribution is 6.31. The lowest BCUT2D eigenvalue weighted by atomic mass is 10.1. The SMILES string of the molecule is O=C(O)c1c(F)c(Cl)cc2c1NCC2. The Morgan fingerprint density at radius 3 is 3.00 bits per heavy atom. The van der Waals surface area contributed by atoms with E-state index in [2.05, 4.69) is 5.32 Å². The second-order valence-electron chi connectivity index (χ2n) is 3.06. The van der Waals surface area contributed by atoms with Crippen molar-refractivity contribution in [2.45, 2.75) is 6.42 Å². The maximum Gasteiger partial charge on any atom is 0.340 e. The third-order valence-electron chi connectivity index (χ3n) is 2.21. The number of carbonyl (C=O) groups is 1.